The van der Waals surface area contributed by atoms with E-state index in [0.717, 1.165) is 36.6 Å². The number of nitriles is 3. The number of pyridine rings is 1. The normalized spacial score (nSPS) is 16.0. The van der Waals surface area contributed by atoms with Crippen LogP contribution in [0.15, 0.2) is 47.8 Å². The fourth-order valence-corrected chi connectivity index (χ4v) is 6.03. The first-order valence-corrected chi connectivity index (χ1v) is 13.1. The predicted octanol–water partition coefficient (Wildman–Crippen LogP) is 4.80. The number of aliphatic imine (C=N–C) groups is 1. The Morgan fingerprint density at radius 2 is 1.82 bits per heavy atom. The van der Waals surface area contributed by atoms with E-state index in [-0.39, 0.29) is 5.92 Å². The largest absolute Gasteiger partial charge is 0.347 e. The number of rotatable bonds is 6. The van der Waals surface area contributed by atoms with E-state index in [1.165, 1.54) is 22.2 Å². The zero-order chi connectivity index (χ0) is 27.7. The Morgan fingerprint density at radius 3 is 2.51 bits per heavy atom. The molecule has 1 aliphatic rings. The molecule has 3 heterocycles. The Labute approximate surface area is 228 Å². The van der Waals surface area contributed by atoms with E-state index in [0.29, 0.717) is 29.7 Å². The molecule has 39 heavy (non-hydrogen) atoms. The molecule has 0 saturated carbocycles. The number of imidazole rings is 1. The lowest BCUT2D eigenvalue weighted by Gasteiger charge is -2.27. The summed E-state index contributed by atoms with van der Waals surface area (Å²) in [7, 11) is 2.13. The average molecular weight is 515 g/mol. The smallest absolute Gasteiger partial charge is 0.254 e. The van der Waals surface area contributed by atoms with E-state index in [1.807, 2.05) is 44.4 Å². The first-order valence-electron chi connectivity index (χ1n) is 13.1. The van der Waals surface area contributed by atoms with Gasteiger partial charge in [-0.1, -0.05) is 18.2 Å². The van der Waals surface area contributed by atoms with E-state index in [9.17, 15) is 15.8 Å². The minimum atomic E-state index is -1.85. The third-order valence-corrected chi connectivity index (χ3v) is 8.07. The van der Waals surface area contributed by atoms with Crippen molar-refractivity contribution in [1.29, 1.82) is 15.8 Å². The van der Waals surface area contributed by atoms with Crippen LogP contribution in [-0.4, -0.2) is 31.4 Å². The van der Waals surface area contributed by atoms with Crippen molar-refractivity contribution in [2.75, 3.05) is 6.54 Å². The van der Waals surface area contributed by atoms with Crippen molar-refractivity contribution in [2.45, 2.75) is 52.0 Å². The van der Waals surface area contributed by atoms with Crippen molar-refractivity contribution in [3.05, 3.63) is 82.3 Å². The Hall–Kier alpha value is -4.74. The first kappa shape index (κ1) is 25.9. The quantitative estimate of drug-likeness (QED) is 0.366. The molecule has 0 bridgehead atoms. The van der Waals surface area contributed by atoms with E-state index in [1.54, 1.807) is 13.1 Å². The van der Waals surface area contributed by atoms with Gasteiger partial charge in [0.15, 0.2) is 0 Å². The Bertz CT molecular complexity index is 1690. The van der Waals surface area contributed by atoms with Crippen molar-refractivity contribution < 1.29 is 0 Å². The Morgan fingerprint density at radius 1 is 1.08 bits per heavy atom. The van der Waals surface area contributed by atoms with Crippen LogP contribution in [-0.2, 0) is 31.8 Å². The maximum absolute atomic E-state index is 9.71. The second kappa shape index (κ2) is 10.2. The molecule has 5 rings (SSSR count). The van der Waals surface area contributed by atoms with Gasteiger partial charge in [0, 0.05) is 90.2 Å². The van der Waals surface area contributed by atoms with E-state index < -0.39 is 5.41 Å². The molecule has 8 nitrogen and oxygen atoms in total. The number of para-hydroxylation sites is 1. The third kappa shape index (κ3) is 4.27. The van der Waals surface area contributed by atoms with Crippen LogP contribution in [0.3, 0.4) is 0 Å². The summed E-state index contributed by atoms with van der Waals surface area (Å²) in [6.45, 7) is 6.97. The topological polar surface area (TPSA) is 119 Å². The highest BCUT2D eigenvalue weighted by molar-refractivity contribution is 6.14. The molecule has 8 heteroatoms. The molecule has 0 saturated heterocycles. The maximum Gasteiger partial charge on any atom is 0.254 e. The van der Waals surface area contributed by atoms with Gasteiger partial charge in [-0.15, -0.1) is 0 Å². The summed E-state index contributed by atoms with van der Waals surface area (Å²) in [5, 5.41) is 30.3. The molecule has 0 N–H and O–H groups in total. The zero-order valence-electron chi connectivity index (χ0n) is 22.7. The van der Waals surface area contributed by atoms with Gasteiger partial charge in [0.1, 0.15) is 24.0 Å². The molecule has 0 spiro atoms. The van der Waals surface area contributed by atoms with Gasteiger partial charge in [0.2, 0.25) is 0 Å². The molecule has 1 aliphatic carbocycles. The van der Waals surface area contributed by atoms with E-state index in [4.69, 9.17) is 4.99 Å². The summed E-state index contributed by atoms with van der Waals surface area (Å²) >= 11 is 0. The lowest BCUT2D eigenvalue weighted by molar-refractivity contribution is 0.498. The van der Waals surface area contributed by atoms with Gasteiger partial charge in [-0.3, -0.25) is 9.98 Å². The van der Waals surface area contributed by atoms with Crippen molar-refractivity contribution >= 4 is 16.6 Å². The molecule has 3 aromatic heterocycles. The van der Waals surface area contributed by atoms with Crippen LogP contribution in [0.4, 0.5) is 0 Å². The first-order chi connectivity index (χ1) is 18.8. The summed E-state index contributed by atoms with van der Waals surface area (Å²) in [6.07, 6.45) is 8.04. The number of aromatic nitrogens is 4. The zero-order valence-corrected chi connectivity index (χ0v) is 22.7. The van der Waals surface area contributed by atoms with Crippen LogP contribution >= 0.6 is 0 Å². The van der Waals surface area contributed by atoms with Crippen LogP contribution in [0.5, 0.6) is 0 Å². The molecule has 1 atom stereocenters. The van der Waals surface area contributed by atoms with Gasteiger partial charge in [-0.05, 0) is 50.8 Å². The SMILES string of the molecule is Cc1cnc(CCN=C2c3c(n(C)c4ccccc34)CCC2Cn2ccnc2C)c(C)c1C(C#N)(C#N)C#N. The van der Waals surface area contributed by atoms with E-state index in [2.05, 4.69) is 50.4 Å². The second-order valence-electron chi connectivity index (χ2n) is 10.3. The summed E-state index contributed by atoms with van der Waals surface area (Å²) in [5.41, 5.74) is 5.55. The Balaban J connectivity index is 1.55. The number of aryl methyl sites for hydroxylation is 3. The molecule has 0 aliphatic heterocycles. The van der Waals surface area contributed by atoms with Crippen molar-refractivity contribution in [2.24, 2.45) is 18.0 Å². The summed E-state index contributed by atoms with van der Waals surface area (Å²) in [4.78, 5) is 14.3. The van der Waals surface area contributed by atoms with Crippen molar-refractivity contribution in [1.82, 2.24) is 19.1 Å². The average Bonchev–Trinajstić information content (AvgIpc) is 3.49. The van der Waals surface area contributed by atoms with Gasteiger partial charge < -0.3 is 9.13 Å². The van der Waals surface area contributed by atoms with Gasteiger partial charge >= 0.3 is 0 Å². The number of hydrogen-bond acceptors (Lipinski definition) is 6. The monoisotopic (exact) mass is 514 g/mol. The van der Waals surface area contributed by atoms with Gasteiger partial charge in [0.25, 0.3) is 5.41 Å². The maximum atomic E-state index is 9.71. The summed E-state index contributed by atoms with van der Waals surface area (Å²) in [6, 6.07) is 14.3. The molecule has 0 radical (unpaired) electrons. The second-order valence-corrected chi connectivity index (χ2v) is 10.3. The molecular weight excluding hydrogens is 484 g/mol. The predicted molar refractivity (Wildman–Crippen MR) is 149 cm³/mol. The minimum Gasteiger partial charge on any atom is -0.347 e. The standard InChI is InChI=1S/C31H30N8/c1-20-15-37-25(21(2)29(20)31(17-32,18-33)19-34)11-12-36-30-23(16-39-14-13-35-22(39)3)9-10-27-28(30)24-7-5-6-8-26(24)38(27)4/h5-8,13-15,23H,9-12,16H2,1-4H3. The van der Waals surface area contributed by atoms with Crippen LogP contribution in [0.1, 0.15) is 45.9 Å². The lowest BCUT2D eigenvalue weighted by Crippen LogP contribution is -2.28. The minimum absolute atomic E-state index is 0.238. The fraction of sp³-hybridized carbons (Fsp3) is 0.355. The van der Waals surface area contributed by atoms with Gasteiger partial charge in [-0.2, -0.15) is 15.8 Å². The lowest BCUT2D eigenvalue weighted by atomic mass is 9.79. The molecular formula is C31H30N8. The number of nitrogens with zero attached hydrogens (tertiary/aromatic N) is 8. The van der Waals surface area contributed by atoms with Crippen LogP contribution < -0.4 is 0 Å². The van der Waals surface area contributed by atoms with Crippen LogP contribution in [0.2, 0.25) is 0 Å². The van der Waals surface area contributed by atoms with Crippen LogP contribution in [0, 0.1) is 60.7 Å². The fourth-order valence-electron chi connectivity index (χ4n) is 6.03. The molecule has 194 valence electrons. The van der Waals surface area contributed by atoms with Gasteiger partial charge in [-0.25, -0.2) is 4.98 Å². The summed E-state index contributed by atoms with van der Waals surface area (Å²) in [5.74, 6) is 1.23. The van der Waals surface area contributed by atoms with Gasteiger partial charge in [0.05, 0.1) is 0 Å². The van der Waals surface area contributed by atoms with Crippen LogP contribution in [0.25, 0.3) is 10.9 Å². The highest BCUT2D eigenvalue weighted by Gasteiger charge is 2.37. The molecule has 1 unspecified atom stereocenters. The third-order valence-electron chi connectivity index (χ3n) is 8.07. The van der Waals surface area contributed by atoms with Crippen molar-refractivity contribution in [3.63, 3.8) is 0 Å². The van der Waals surface area contributed by atoms with E-state index >= 15 is 0 Å². The number of hydrogen-bond donors (Lipinski definition) is 0. The highest BCUT2D eigenvalue weighted by atomic mass is 15.1. The molecule has 0 fully saturated rings. The molecule has 1 aromatic carbocycles. The number of benzene rings is 1. The molecule has 4 aromatic rings. The number of fused-ring (bicyclic) bond motifs is 3. The highest BCUT2D eigenvalue weighted by Crippen LogP contribution is 2.35. The van der Waals surface area contributed by atoms with Crippen molar-refractivity contribution in [3.8, 4) is 18.2 Å². The Kier molecular flexibility index (Phi) is 6.77. The summed E-state index contributed by atoms with van der Waals surface area (Å²) < 4.78 is 4.49. The molecule has 0 amide bonds.